The monoisotopic (exact) mass is 244 g/mol. The van der Waals surface area contributed by atoms with Crippen molar-refractivity contribution in [1.29, 1.82) is 0 Å². The fraction of sp³-hybridized carbons (Fsp3) is 0.500. The number of nitrogens with one attached hydrogen (secondary N) is 1. The molecule has 0 radical (unpaired) electrons. The van der Waals surface area contributed by atoms with E-state index in [2.05, 4.69) is 44.9 Å². The molecule has 2 aromatic heterocycles. The standard InChI is InChI=1S/C14H20N4/c1-15-14(11-3-4-11)12-5-7-18(9-12)10-13-16-6-8-17(13)2/h5-9,11,14-15H,3-4,10H2,1-2H3. The Morgan fingerprint density at radius 3 is 2.89 bits per heavy atom. The average molecular weight is 244 g/mol. The molecule has 1 aliphatic rings. The van der Waals surface area contributed by atoms with Gasteiger partial charge >= 0.3 is 0 Å². The molecule has 0 amide bonds. The van der Waals surface area contributed by atoms with Gasteiger partial charge in [-0.2, -0.15) is 0 Å². The summed E-state index contributed by atoms with van der Waals surface area (Å²) >= 11 is 0. The second-order valence-electron chi connectivity index (χ2n) is 5.18. The summed E-state index contributed by atoms with van der Waals surface area (Å²) in [5, 5.41) is 3.43. The van der Waals surface area contributed by atoms with Gasteiger partial charge in [0.25, 0.3) is 0 Å². The van der Waals surface area contributed by atoms with Gasteiger partial charge in [-0.05, 0) is 37.4 Å². The van der Waals surface area contributed by atoms with Gasteiger partial charge in [0.2, 0.25) is 0 Å². The summed E-state index contributed by atoms with van der Waals surface area (Å²) < 4.78 is 4.28. The Bertz CT molecular complexity index is 521. The molecule has 0 aliphatic heterocycles. The molecule has 4 heteroatoms. The maximum atomic E-state index is 4.36. The van der Waals surface area contributed by atoms with Crippen molar-refractivity contribution in [2.24, 2.45) is 13.0 Å². The highest BCUT2D eigenvalue weighted by atomic mass is 15.1. The molecule has 4 nitrogen and oxygen atoms in total. The lowest BCUT2D eigenvalue weighted by Gasteiger charge is -2.13. The minimum Gasteiger partial charge on any atom is -0.346 e. The van der Waals surface area contributed by atoms with E-state index in [-0.39, 0.29) is 0 Å². The first kappa shape index (κ1) is 11.5. The van der Waals surface area contributed by atoms with Crippen LogP contribution in [0.15, 0.2) is 30.9 Å². The van der Waals surface area contributed by atoms with Gasteiger partial charge in [0.05, 0.1) is 6.54 Å². The highest BCUT2D eigenvalue weighted by Crippen LogP contribution is 2.40. The number of imidazole rings is 1. The Kier molecular flexibility index (Phi) is 2.96. The van der Waals surface area contributed by atoms with Gasteiger partial charge in [-0.15, -0.1) is 0 Å². The van der Waals surface area contributed by atoms with Gasteiger partial charge in [0, 0.05) is 37.9 Å². The largest absolute Gasteiger partial charge is 0.346 e. The van der Waals surface area contributed by atoms with Crippen LogP contribution in [0.4, 0.5) is 0 Å². The molecular formula is C14H20N4. The third-order valence-corrected chi connectivity index (χ3v) is 3.78. The maximum absolute atomic E-state index is 4.36. The third-order valence-electron chi connectivity index (χ3n) is 3.78. The van der Waals surface area contributed by atoms with E-state index in [0.29, 0.717) is 6.04 Å². The molecule has 1 atom stereocenters. The van der Waals surface area contributed by atoms with Crippen LogP contribution >= 0.6 is 0 Å². The molecule has 2 heterocycles. The SMILES string of the molecule is CNC(c1ccn(Cc2nccn2C)c1)C1CC1. The Labute approximate surface area is 108 Å². The van der Waals surface area contributed by atoms with Crippen LogP contribution in [0.5, 0.6) is 0 Å². The van der Waals surface area contributed by atoms with Crippen LogP contribution in [0.25, 0.3) is 0 Å². The summed E-state index contributed by atoms with van der Waals surface area (Å²) in [5.74, 6) is 1.92. The minimum atomic E-state index is 0.521. The molecule has 0 saturated heterocycles. The molecular weight excluding hydrogens is 224 g/mol. The van der Waals surface area contributed by atoms with Crippen molar-refractivity contribution in [3.8, 4) is 0 Å². The third kappa shape index (κ3) is 2.20. The Hall–Kier alpha value is -1.55. The summed E-state index contributed by atoms with van der Waals surface area (Å²) in [4.78, 5) is 4.36. The molecule has 0 aromatic carbocycles. The van der Waals surface area contributed by atoms with Crippen molar-refractivity contribution in [2.45, 2.75) is 25.4 Å². The molecule has 1 unspecified atom stereocenters. The quantitative estimate of drug-likeness (QED) is 0.872. The average Bonchev–Trinajstić information content (AvgIpc) is 2.96. The molecule has 96 valence electrons. The van der Waals surface area contributed by atoms with Crippen LogP contribution in [0.2, 0.25) is 0 Å². The van der Waals surface area contributed by atoms with Crippen LogP contribution < -0.4 is 5.32 Å². The first-order chi connectivity index (χ1) is 8.78. The van der Waals surface area contributed by atoms with E-state index in [9.17, 15) is 0 Å². The summed E-state index contributed by atoms with van der Waals surface area (Å²) in [6.45, 7) is 0.838. The number of hydrogen-bond acceptors (Lipinski definition) is 2. The zero-order chi connectivity index (χ0) is 12.5. The Morgan fingerprint density at radius 2 is 2.28 bits per heavy atom. The molecule has 1 saturated carbocycles. The second kappa shape index (κ2) is 4.61. The highest BCUT2D eigenvalue weighted by Gasteiger charge is 2.31. The van der Waals surface area contributed by atoms with Gasteiger partial charge in [0.1, 0.15) is 5.82 Å². The topological polar surface area (TPSA) is 34.8 Å². The van der Waals surface area contributed by atoms with E-state index < -0.39 is 0 Å². The number of nitrogens with zero attached hydrogens (tertiary/aromatic N) is 3. The molecule has 18 heavy (non-hydrogen) atoms. The Morgan fingerprint density at radius 1 is 1.44 bits per heavy atom. The van der Waals surface area contributed by atoms with Gasteiger partial charge < -0.3 is 14.5 Å². The predicted octanol–water partition coefficient (Wildman–Crippen LogP) is 1.94. The molecule has 2 aromatic rings. The number of aryl methyl sites for hydroxylation is 1. The van der Waals surface area contributed by atoms with Crippen LogP contribution in [0, 0.1) is 5.92 Å². The van der Waals surface area contributed by atoms with Crippen LogP contribution in [0.1, 0.15) is 30.3 Å². The summed E-state index contributed by atoms with van der Waals surface area (Å²) in [6, 6.07) is 2.75. The van der Waals surface area contributed by atoms with Gasteiger partial charge in [-0.1, -0.05) is 0 Å². The summed E-state index contributed by atoms with van der Waals surface area (Å²) in [6.07, 6.45) is 10.9. The minimum absolute atomic E-state index is 0.521. The normalized spacial score (nSPS) is 17.0. The predicted molar refractivity (Wildman–Crippen MR) is 71.3 cm³/mol. The van der Waals surface area contributed by atoms with Gasteiger partial charge in [-0.3, -0.25) is 0 Å². The summed E-state index contributed by atoms with van der Waals surface area (Å²) in [7, 11) is 4.09. The molecule has 0 spiro atoms. The van der Waals surface area contributed by atoms with Crippen molar-refractivity contribution in [1.82, 2.24) is 19.4 Å². The summed E-state index contributed by atoms with van der Waals surface area (Å²) in [5.41, 5.74) is 1.40. The van der Waals surface area contributed by atoms with Crippen molar-refractivity contribution in [3.05, 3.63) is 42.2 Å². The van der Waals surface area contributed by atoms with Gasteiger partial charge in [-0.25, -0.2) is 4.98 Å². The van der Waals surface area contributed by atoms with E-state index in [1.54, 1.807) is 0 Å². The molecule has 3 rings (SSSR count). The number of rotatable bonds is 5. The lowest BCUT2D eigenvalue weighted by molar-refractivity contribution is 0.527. The number of aromatic nitrogens is 3. The Balaban J connectivity index is 1.75. The molecule has 0 bridgehead atoms. The highest BCUT2D eigenvalue weighted by molar-refractivity contribution is 5.18. The smallest absolute Gasteiger partial charge is 0.128 e. The zero-order valence-corrected chi connectivity index (χ0v) is 11.0. The molecule has 1 N–H and O–H groups in total. The van der Waals surface area contributed by atoms with Crippen molar-refractivity contribution >= 4 is 0 Å². The second-order valence-corrected chi connectivity index (χ2v) is 5.18. The van der Waals surface area contributed by atoms with E-state index in [0.717, 1.165) is 18.3 Å². The van der Waals surface area contributed by atoms with E-state index in [4.69, 9.17) is 0 Å². The zero-order valence-electron chi connectivity index (χ0n) is 11.0. The van der Waals surface area contributed by atoms with E-state index in [1.807, 2.05) is 19.4 Å². The maximum Gasteiger partial charge on any atom is 0.128 e. The first-order valence-electron chi connectivity index (χ1n) is 6.57. The van der Waals surface area contributed by atoms with Crippen LogP contribution in [-0.2, 0) is 13.6 Å². The van der Waals surface area contributed by atoms with Crippen molar-refractivity contribution in [3.63, 3.8) is 0 Å². The fourth-order valence-corrected chi connectivity index (χ4v) is 2.56. The van der Waals surface area contributed by atoms with Gasteiger partial charge in [0.15, 0.2) is 0 Å². The van der Waals surface area contributed by atoms with E-state index >= 15 is 0 Å². The van der Waals surface area contributed by atoms with E-state index in [1.165, 1.54) is 18.4 Å². The molecule has 1 fully saturated rings. The fourth-order valence-electron chi connectivity index (χ4n) is 2.56. The lowest BCUT2D eigenvalue weighted by Crippen LogP contribution is -2.17. The molecule has 1 aliphatic carbocycles. The van der Waals surface area contributed by atoms with Crippen molar-refractivity contribution in [2.75, 3.05) is 7.05 Å². The van der Waals surface area contributed by atoms with Crippen LogP contribution in [0.3, 0.4) is 0 Å². The number of hydrogen-bond donors (Lipinski definition) is 1. The lowest BCUT2D eigenvalue weighted by atomic mass is 10.1. The van der Waals surface area contributed by atoms with Crippen LogP contribution in [-0.4, -0.2) is 21.2 Å². The van der Waals surface area contributed by atoms with Crippen molar-refractivity contribution < 1.29 is 0 Å². The first-order valence-corrected chi connectivity index (χ1v) is 6.57.